The second-order valence-corrected chi connectivity index (χ2v) is 13.6. The molecule has 0 radical (unpaired) electrons. The Morgan fingerprint density at radius 3 is 0.673 bits per heavy atom. The predicted octanol–water partition coefficient (Wildman–Crippen LogP) is 10.9. The van der Waals surface area contributed by atoms with Crippen molar-refractivity contribution in [3.63, 3.8) is 0 Å². The first-order valence-corrected chi connectivity index (χ1v) is 20.1. The van der Waals surface area contributed by atoms with Gasteiger partial charge in [-0.3, -0.25) is 0 Å². The zero-order chi connectivity index (χ0) is 37.0. The zero-order valence-corrected chi connectivity index (χ0v) is 32.4. The van der Waals surface area contributed by atoms with Gasteiger partial charge in [0.2, 0.25) is 0 Å². The van der Waals surface area contributed by atoms with Crippen LogP contribution in [0, 0.1) is 0 Å². The Kier molecular flexibility index (Phi) is 18.3. The molecule has 0 aromatic heterocycles. The van der Waals surface area contributed by atoms with Gasteiger partial charge in [0.25, 0.3) is 0 Å². The predicted molar refractivity (Wildman–Crippen MR) is 213 cm³/mol. The molecule has 0 bridgehead atoms. The second kappa shape index (κ2) is 23.1. The quantitative estimate of drug-likeness (QED) is 0.0442. The number of hydrogen-bond donors (Lipinski definition) is 2. The Morgan fingerprint density at radius 2 is 0.500 bits per heavy atom. The van der Waals surface area contributed by atoms with Gasteiger partial charge in [-0.05, 0) is 94.4 Å². The number of ether oxygens (including phenoxy) is 6. The summed E-state index contributed by atoms with van der Waals surface area (Å²) in [5.41, 5.74) is 0. The van der Waals surface area contributed by atoms with E-state index in [1.165, 1.54) is 0 Å². The minimum Gasteiger partial charge on any atom is -0.490 e. The number of hydrogen-bond acceptors (Lipinski definition) is 8. The molecule has 0 saturated carbocycles. The average molecular weight is 721 g/mol. The molecule has 0 amide bonds. The van der Waals surface area contributed by atoms with Crippen LogP contribution in [0.3, 0.4) is 0 Å². The summed E-state index contributed by atoms with van der Waals surface area (Å²) in [5.74, 6) is 4.15. The van der Waals surface area contributed by atoms with E-state index in [9.17, 15) is 10.2 Å². The standard InChI is InChI=1S/C44H64O8/c1-5-9-13-21-47-39-27-33-34(28-40(39)48-22-14-10-6-2)36-30-42(50-24-16-12-8-4)44(52-26-18-20-46)32-38(36)37-31-43(51-25-17-19-45)41(29-35(33)37)49-23-15-11-7-3/h27-32,45-46H,5-26H2,1-4H3. The topological polar surface area (TPSA) is 95.8 Å². The van der Waals surface area contributed by atoms with Gasteiger partial charge in [0, 0.05) is 26.1 Å². The number of rotatable bonds is 28. The smallest absolute Gasteiger partial charge is 0.161 e. The van der Waals surface area contributed by atoms with E-state index >= 15 is 0 Å². The van der Waals surface area contributed by atoms with Crippen LogP contribution in [-0.4, -0.2) is 63.1 Å². The van der Waals surface area contributed by atoms with Crippen molar-refractivity contribution in [1.29, 1.82) is 0 Å². The third-order valence-electron chi connectivity index (χ3n) is 9.26. The van der Waals surface area contributed by atoms with E-state index in [2.05, 4.69) is 64.1 Å². The minimum absolute atomic E-state index is 0.0489. The molecule has 0 aliphatic rings. The van der Waals surface area contributed by atoms with Crippen LogP contribution in [0.1, 0.15) is 118 Å². The molecule has 0 fully saturated rings. The van der Waals surface area contributed by atoms with Crippen LogP contribution >= 0.6 is 0 Å². The molecule has 2 N–H and O–H groups in total. The monoisotopic (exact) mass is 720 g/mol. The summed E-state index contributed by atoms with van der Waals surface area (Å²) in [7, 11) is 0. The van der Waals surface area contributed by atoms with Crippen molar-refractivity contribution in [1.82, 2.24) is 0 Å². The van der Waals surface area contributed by atoms with Gasteiger partial charge in [-0.1, -0.05) is 79.1 Å². The molecule has 0 spiro atoms. The van der Waals surface area contributed by atoms with Crippen molar-refractivity contribution in [2.24, 2.45) is 0 Å². The fraction of sp³-hybridized carbons (Fsp3) is 0.591. The molecule has 8 heteroatoms. The number of benzene rings is 4. The summed E-state index contributed by atoms with van der Waals surface area (Å²) in [4.78, 5) is 0. The highest BCUT2D eigenvalue weighted by molar-refractivity contribution is 6.26. The largest absolute Gasteiger partial charge is 0.490 e. The van der Waals surface area contributed by atoms with Gasteiger partial charge in [0.1, 0.15) is 0 Å². The zero-order valence-electron chi connectivity index (χ0n) is 32.4. The van der Waals surface area contributed by atoms with Crippen LogP contribution in [0.5, 0.6) is 34.5 Å². The highest BCUT2D eigenvalue weighted by atomic mass is 16.5. The fourth-order valence-electron chi connectivity index (χ4n) is 6.32. The molecular weight excluding hydrogens is 656 g/mol. The normalized spacial score (nSPS) is 11.4. The highest BCUT2D eigenvalue weighted by Gasteiger charge is 2.20. The molecule has 4 rings (SSSR count). The summed E-state index contributed by atoms with van der Waals surface area (Å²) >= 11 is 0. The number of aliphatic hydroxyl groups is 2. The average Bonchev–Trinajstić information content (AvgIpc) is 3.16. The Bertz CT molecular complexity index is 1510. The van der Waals surface area contributed by atoms with Crippen molar-refractivity contribution >= 4 is 32.3 Å². The fourth-order valence-corrected chi connectivity index (χ4v) is 6.32. The van der Waals surface area contributed by atoms with Crippen LogP contribution in [0.15, 0.2) is 36.4 Å². The lowest BCUT2D eigenvalue weighted by atomic mass is 9.93. The molecule has 0 atom stereocenters. The maximum atomic E-state index is 9.53. The molecule has 288 valence electrons. The molecule has 4 aromatic carbocycles. The number of aliphatic hydroxyl groups excluding tert-OH is 2. The van der Waals surface area contributed by atoms with Gasteiger partial charge in [-0.2, -0.15) is 0 Å². The van der Waals surface area contributed by atoms with Gasteiger partial charge >= 0.3 is 0 Å². The summed E-state index contributed by atoms with van der Waals surface area (Å²) in [5, 5.41) is 25.1. The molecule has 0 aliphatic carbocycles. The molecule has 0 saturated heterocycles. The highest BCUT2D eigenvalue weighted by Crippen LogP contribution is 2.47. The van der Waals surface area contributed by atoms with E-state index in [1.54, 1.807) is 0 Å². The Morgan fingerprint density at radius 1 is 0.308 bits per heavy atom. The van der Waals surface area contributed by atoms with E-state index in [4.69, 9.17) is 28.4 Å². The summed E-state index contributed by atoms with van der Waals surface area (Å²) in [6.07, 6.45) is 13.7. The molecule has 0 heterocycles. The van der Waals surface area contributed by atoms with Crippen LogP contribution in [0.2, 0.25) is 0 Å². The van der Waals surface area contributed by atoms with Crippen molar-refractivity contribution in [2.75, 3.05) is 52.9 Å². The maximum absolute atomic E-state index is 9.53. The first-order valence-electron chi connectivity index (χ1n) is 20.1. The molecule has 8 nitrogen and oxygen atoms in total. The lowest BCUT2D eigenvalue weighted by molar-refractivity contribution is 0.222. The van der Waals surface area contributed by atoms with Gasteiger partial charge in [0.05, 0.1) is 39.6 Å². The summed E-state index contributed by atoms with van der Waals surface area (Å²) in [6.45, 7) is 12.0. The third-order valence-corrected chi connectivity index (χ3v) is 9.26. The van der Waals surface area contributed by atoms with Gasteiger partial charge in [-0.25, -0.2) is 0 Å². The first-order chi connectivity index (χ1) is 25.6. The van der Waals surface area contributed by atoms with E-state index in [0.717, 1.165) is 121 Å². The van der Waals surface area contributed by atoms with Crippen molar-refractivity contribution in [3.05, 3.63) is 36.4 Å². The van der Waals surface area contributed by atoms with Gasteiger partial charge in [0.15, 0.2) is 34.5 Å². The molecule has 0 aliphatic heterocycles. The third kappa shape index (κ3) is 11.7. The van der Waals surface area contributed by atoms with Gasteiger partial charge < -0.3 is 38.6 Å². The molecule has 0 unspecified atom stereocenters. The Hall–Kier alpha value is -3.62. The summed E-state index contributed by atoms with van der Waals surface area (Å²) < 4.78 is 38.4. The van der Waals surface area contributed by atoms with Crippen molar-refractivity contribution in [2.45, 2.75) is 118 Å². The Balaban J connectivity index is 2.01. The molecule has 52 heavy (non-hydrogen) atoms. The minimum atomic E-state index is 0.0489. The second-order valence-electron chi connectivity index (χ2n) is 13.6. The molecule has 4 aromatic rings. The molecular formula is C44H64O8. The summed E-state index contributed by atoms with van der Waals surface area (Å²) in [6, 6.07) is 12.6. The van der Waals surface area contributed by atoms with E-state index in [1.807, 2.05) is 0 Å². The van der Waals surface area contributed by atoms with Crippen LogP contribution < -0.4 is 28.4 Å². The van der Waals surface area contributed by atoms with E-state index < -0.39 is 0 Å². The Labute approximate surface area is 311 Å². The van der Waals surface area contributed by atoms with Gasteiger partial charge in [-0.15, -0.1) is 0 Å². The van der Waals surface area contributed by atoms with E-state index in [-0.39, 0.29) is 13.2 Å². The van der Waals surface area contributed by atoms with Crippen LogP contribution in [-0.2, 0) is 0 Å². The lowest BCUT2D eigenvalue weighted by Crippen LogP contribution is -2.05. The maximum Gasteiger partial charge on any atom is 0.161 e. The SMILES string of the molecule is CCCCCOc1cc2c(cc1OCCCO)c1cc(OCCCO)c(OCCCCC)cc1c1cc(OCCCCC)c(OCCCCC)cc21. The number of fused-ring (bicyclic) bond motifs is 6. The van der Waals surface area contributed by atoms with Crippen LogP contribution in [0.25, 0.3) is 32.3 Å². The van der Waals surface area contributed by atoms with Crippen molar-refractivity contribution < 1.29 is 38.6 Å². The van der Waals surface area contributed by atoms with E-state index in [0.29, 0.717) is 75.5 Å². The van der Waals surface area contributed by atoms with Crippen molar-refractivity contribution in [3.8, 4) is 34.5 Å². The number of unbranched alkanes of at least 4 members (excludes halogenated alkanes) is 8. The first kappa shape index (κ1) is 41.1. The lowest BCUT2D eigenvalue weighted by Gasteiger charge is -2.20. The van der Waals surface area contributed by atoms with Crippen LogP contribution in [0.4, 0.5) is 0 Å².